The summed E-state index contributed by atoms with van der Waals surface area (Å²) in [4.78, 5) is 23.8. The van der Waals surface area contributed by atoms with Crippen molar-refractivity contribution in [2.24, 2.45) is 0 Å². The quantitative estimate of drug-likeness (QED) is 0.927. The highest BCUT2D eigenvalue weighted by molar-refractivity contribution is 7.99. The SMILES string of the molecule is O=C(C1CSc2ccccc21)N1CCCC1c1ncc[nH]1. The number of aromatic amines is 1. The predicted molar refractivity (Wildman–Crippen MR) is 82.2 cm³/mol. The number of fused-ring (bicyclic) bond motifs is 1. The third-order valence-corrected chi connectivity index (χ3v) is 5.55. The molecular weight excluding hydrogens is 282 g/mol. The van der Waals surface area contributed by atoms with E-state index in [0.29, 0.717) is 0 Å². The smallest absolute Gasteiger partial charge is 0.231 e. The molecule has 2 atom stereocenters. The normalized spacial score (nSPS) is 24.3. The second-order valence-corrected chi connectivity index (χ2v) is 6.63. The number of nitrogens with zero attached hydrogens (tertiary/aromatic N) is 2. The Hall–Kier alpha value is -1.75. The van der Waals surface area contributed by atoms with Crippen LogP contribution in [0.25, 0.3) is 0 Å². The lowest BCUT2D eigenvalue weighted by molar-refractivity contribution is -0.133. The van der Waals surface area contributed by atoms with E-state index in [0.717, 1.165) is 31.0 Å². The number of carbonyl (C=O) groups excluding carboxylic acids is 1. The molecule has 108 valence electrons. The monoisotopic (exact) mass is 299 g/mol. The number of thioether (sulfide) groups is 1. The Labute approximate surface area is 128 Å². The van der Waals surface area contributed by atoms with Crippen molar-refractivity contribution in [3.8, 4) is 0 Å². The number of nitrogens with one attached hydrogen (secondary N) is 1. The second kappa shape index (κ2) is 5.22. The van der Waals surface area contributed by atoms with Gasteiger partial charge in [0.25, 0.3) is 0 Å². The number of rotatable bonds is 2. The number of aromatic nitrogens is 2. The van der Waals surface area contributed by atoms with Gasteiger partial charge in [0.2, 0.25) is 5.91 Å². The fourth-order valence-electron chi connectivity index (χ4n) is 3.34. The number of hydrogen-bond acceptors (Lipinski definition) is 3. The first kappa shape index (κ1) is 13.0. The van der Waals surface area contributed by atoms with Crippen molar-refractivity contribution in [3.63, 3.8) is 0 Å². The maximum atomic E-state index is 13.0. The van der Waals surface area contributed by atoms with Crippen molar-refractivity contribution in [2.75, 3.05) is 12.3 Å². The van der Waals surface area contributed by atoms with Crippen molar-refractivity contribution in [3.05, 3.63) is 48.0 Å². The van der Waals surface area contributed by atoms with Crippen molar-refractivity contribution in [1.29, 1.82) is 0 Å². The van der Waals surface area contributed by atoms with Gasteiger partial charge < -0.3 is 9.88 Å². The minimum atomic E-state index is 0.00163. The van der Waals surface area contributed by atoms with Gasteiger partial charge in [-0.1, -0.05) is 18.2 Å². The average molecular weight is 299 g/mol. The van der Waals surface area contributed by atoms with Crippen LogP contribution in [0.1, 0.15) is 36.2 Å². The standard InChI is InChI=1S/C16H17N3OS/c20-16(12-10-21-14-6-2-1-4-11(12)14)19-9-3-5-13(19)15-17-7-8-18-15/h1-2,4,6-8,12-13H,3,5,9-10H2,(H,17,18). The summed E-state index contributed by atoms with van der Waals surface area (Å²) >= 11 is 1.79. The first-order chi connectivity index (χ1) is 10.3. The van der Waals surface area contributed by atoms with Gasteiger partial charge in [-0.3, -0.25) is 4.79 Å². The predicted octanol–water partition coefficient (Wildman–Crippen LogP) is 2.96. The summed E-state index contributed by atoms with van der Waals surface area (Å²) < 4.78 is 0. The largest absolute Gasteiger partial charge is 0.347 e. The second-order valence-electron chi connectivity index (χ2n) is 5.57. The summed E-state index contributed by atoms with van der Waals surface area (Å²) in [6.07, 6.45) is 5.65. The van der Waals surface area contributed by atoms with Crippen LogP contribution < -0.4 is 0 Å². The molecule has 4 rings (SSSR count). The zero-order valence-corrected chi connectivity index (χ0v) is 12.5. The molecule has 0 bridgehead atoms. The van der Waals surface area contributed by atoms with Crippen molar-refractivity contribution in [2.45, 2.75) is 29.7 Å². The molecule has 4 nitrogen and oxygen atoms in total. The van der Waals surface area contributed by atoms with Crippen molar-refractivity contribution < 1.29 is 4.79 Å². The number of amides is 1. The molecular formula is C16H17N3OS. The van der Waals surface area contributed by atoms with Crippen LogP contribution >= 0.6 is 11.8 Å². The van der Waals surface area contributed by atoms with E-state index in [1.54, 1.807) is 18.0 Å². The Morgan fingerprint density at radius 3 is 3.14 bits per heavy atom. The summed E-state index contributed by atoms with van der Waals surface area (Å²) in [5.74, 6) is 2.03. The highest BCUT2D eigenvalue weighted by atomic mass is 32.2. The topological polar surface area (TPSA) is 49.0 Å². The van der Waals surface area contributed by atoms with Gasteiger partial charge >= 0.3 is 0 Å². The number of imidazole rings is 1. The van der Waals surface area contributed by atoms with Gasteiger partial charge in [-0.25, -0.2) is 4.98 Å². The Morgan fingerprint density at radius 1 is 1.38 bits per heavy atom. The highest BCUT2D eigenvalue weighted by Gasteiger charge is 2.38. The van der Waals surface area contributed by atoms with Crippen LogP contribution in [-0.4, -0.2) is 33.1 Å². The fourth-order valence-corrected chi connectivity index (χ4v) is 4.56. The zero-order chi connectivity index (χ0) is 14.2. The lowest BCUT2D eigenvalue weighted by atomic mass is 9.99. The van der Waals surface area contributed by atoms with Gasteiger partial charge in [-0.2, -0.15) is 0 Å². The zero-order valence-electron chi connectivity index (χ0n) is 11.7. The molecule has 1 amide bonds. The minimum absolute atomic E-state index is 0.00163. The Balaban J connectivity index is 1.61. The summed E-state index contributed by atoms with van der Waals surface area (Å²) in [7, 11) is 0. The average Bonchev–Trinajstić information content (AvgIpc) is 3.25. The molecule has 1 aromatic carbocycles. The highest BCUT2D eigenvalue weighted by Crippen LogP contribution is 2.42. The molecule has 1 aromatic heterocycles. The summed E-state index contributed by atoms with van der Waals surface area (Å²) in [6, 6.07) is 8.39. The van der Waals surface area contributed by atoms with E-state index < -0.39 is 0 Å². The molecule has 2 aliphatic rings. The van der Waals surface area contributed by atoms with E-state index >= 15 is 0 Å². The van der Waals surface area contributed by atoms with Gasteiger partial charge in [-0.05, 0) is 24.5 Å². The van der Waals surface area contributed by atoms with Crippen LogP contribution in [0.3, 0.4) is 0 Å². The van der Waals surface area contributed by atoms with Gasteiger partial charge in [-0.15, -0.1) is 11.8 Å². The van der Waals surface area contributed by atoms with Crippen LogP contribution in [0.5, 0.6) is 0 Å². The minimum Gasteiger partial charge on any atom is -0.347 e. The summed E-state index contributed by atoms with van der Waals surface area (Å²) in [5, 5.41) is 0. The molecule has 0 radical (unpaired) electrons. The summed E-state index contributed by atoms with van der Waals surface area (Å²) in [6.45, 7) is 0.841. The van der Waals surface area contributed by atoms with E-state index in [1.807, 2.05) is 23.2 Å². The molecule has 1 fully saturated rings. The van der Waals surface area contributed by atoms with E-state index in [2.05, 4.69) is 22.1 Å². The van der Waals surface area contributed by atoms with Crippen LogP contribution in [0.15, 0.2) is 41.6 Å². The molecule has 0 spiro atoms. The lowest BCUT2D eigenvalue weighted by Crippen LogP contribution is -2.35. The molecule has 2 aliphatic heterocycles. The fraction of sp³-hybridized carbons (Fsp3) is 0.375. The van der Waals surface area contributed by atoms with Crippen molar-refractivity contribution in [1.82, 2.24) is 14.9 Å². The van der Waals surface area contributed by atoms with Gasteiger partial charge in [0.05, 0.1) is 12.0 Å². The lowest BCUT2D eigenvalue weighted by Gasteiger charge is -2.26. The first-order valence-electron chi connectivity index (χ1n) is 7.36. The third-order valence-electron chi connectivity index (χ3n) is 4.37. The first-order valence-corrected chi connectivity index (χ1v) is 8.34. The molecule has 0 aliphatic carbocycles. The number of H-pyrrole nitrogens is 1. The number of carbonyl (C=O) groups is 1. The molecule has 2 unspecified atom stereocenters. The summed E-state index contributed by atoms with van der Waals surface area (Å²) in [5.41, 5.74) is 1.19. The van der Waals surface area contributed by atoms with Gasteiger partial charge in [0.1, 0.15) is 5.82 Å². The Kier molecular flexibility index (Phi) is 3.22. The Morgan fingerprint density at radius 2 is 2.29 bits per heavy atom. The maximum absolute atomic E-state index is 13.0. The van der Waals surface area contributed by atoms with Crippen LogP contribution in [0.4, 0.5) is 0 Å². The van der Waals surface area contributed by atoms with Crippen LogP contribution in [-0.2, 0) is 4.79 Å². The van der Waals surface area contributed by atoms with E-state index in [1.165, 1.54) is 10.5 Å². The van der Waals surface area contributed by atoms with Crippen LogP contribution in [0, 0.1) is 0 Å². The molecule has 1 saturated heterocycles. The number of likely N-dealkylation sites (tertiary alicyclic amines) is 1. The van der Waals surface area contributed by atoms with Crippen LogP contribution in [0.2, 0.25) is 0 Å². The molecule has 1 N–H and O–H groups in total. The number of hydrogen-bond donors (Lipinski definition) is 1. The van der Waals surface area contributed by atoms with Gasteiger partial charge in [0.15, 0.2) is 0 Å². The van der Waals surface area contributed by atoms with Gasteiger partial charge in [0, 0.05) is 29.6 Å². The molecule has 0 saturated carbocycles. The number of benzene rings is 1. The maximum Gasteiger partial charge on any atom is 0.231 e. The molecule has 3 heterocycles. The molecule has 2 aromatic rings. The van der Waals surface area contributed by atoms with E-state index in [-0.39, 0.29) is 17.9 Å². The molecule has 5 heteroatoms. The van der Waals surface area contributed by atoms with E-state index in [4.69, 9.17) is 0 Å². The Bertz CT molecular complexity index is 655. The third kappa shape index (κ3) is 2.16. The van der Waals surface area contributed by atoms with E-state index in [9.17, 15) is 4.79 Å². The molecule has 21 heavy (non-hydrogen) atoms. The van der Waals surface area contributed by atoms with Crippen molar-refractivity contribution >= 4 is 17.7 Å².